The number of hydrogen-bond acceptors (Lipinski definition) is 4. The zero-order valence-corrected chi connectivity index (χ0v) is 15.8. The molecule has 2 saturated heterocycles. The van der Waals surface area contributed by atoms with Gasteiger partial charge in [0.05, 0.1) is 21.8 Å². The monoisotopic (exact) mass is 357 g/mol. The van der Waals surface area contributed by atoms with Gasteiger partial charge in [0.2, 0.25) is 5.91 Å². The Morgan fingerprint density at radius 1 is 1.12 bits per heavy atom. The smallest absolute Gasteiger partial charge is 0.236 e. The van der Waals surface area contributed by atoms with Crippen molar-refractivity contribution in [3.8, 4) is 0 Å². The fraction of sp³-hybridized carbons (Fsp3) is 0.600. The molecule has 3 heterocycles. The Morgan fingerprint density at radius 3 is 2.56 bits per heavy atom. The highest BCUT2D eigenvalue weighted by Crippen LogP contribution is 2.33. The fourth-order valence-corrected chi connectivity index (χ4v) is 5.09. The van der Waals surface area contributed by atoms with Gasteiger partial charge in [-0.15, -0.1) is 11.3 Å². The molecule has 2 aliphatic rings. The van der Waals surface area contributed by atoms with Crippen LogP contribution in [0.15, 0.2) is 24.3 Å². The van der Waals surface area contributed by atoms with E-state index in [2.05, 4.69) is 41.0 Å². The number of benzene rings is 1. The van der Waals surface area contributed by atoms with Crippen molar-refractivity contribution in [2.24, 2.45) is 5.92 Å². The standard InChI is InChI=1S/C20H27N3OS/c1-15-6-10-22(11-7-15)14-19(24)23-12-8-16(9-13-23)20-21-17-4-2-3-5-18(17)25-20/h2-5,15-16H,6-14H2,1H3. The molecule has 134 valence electrons. The number of piperidine rings is 2. The number of likely N-dealkylation sites (tertiary alicyclic amines) is 2. The number of carbonyl (C=O) groups excluding carboxylic acids is 1. The van der Waals surface area contributed by atoms with Crippen molar-refractivity contribution in [3.05, 3.63) is 29.3 Å². The summed E-state index contributed by atoms with van der Waals surface area (Å²) >= 11 is 1.82. The lowest BCUT2D eigenvalue weighted by atomic mass is 9.97. The lowest BCUT2D eigenvalue weighted by Gasteiger charge is -2.34. The Morgan fingerprint density at radius 2 is 1.84 bits per heavy atom. The third kappa shape index (κ3) is 3.87. The Balaban J connectivity index is 1.31. The molecule has 2 fully saturated rings. The topological polar surface area (TPSA) is 36.4 Å². The number of aromatic nitrogens is 1. The van der Waals surface area contributed by atoms with Gasteiger partial charge < -0.3 is 4.90 Å². The summed E-state index contributed by atoms with van der Waals surface area (Å²) in [7, 11) is 0. The molecule has 0 spiro atoms. The Hall–Kier alpha value is -1.46. The van der Waals surface area contributed by atoms with Gasteiger partial charge in [0.15, 0.2) is 0 Å². The number of nitrogens with zero attached hydrogens (tertiary/aromatic N) is 3. The molecule has 2 aromatic rings. The Bertz CT molecular complexity index is 694. The third-order valence-electron chi connectivity index (χ3n) is 5.74. The van der Waals surface area contributed by atoms with Crippen LogP contribution in [0.25, 0.3) is 10.2 Å². The molecule has 0 aliphatic carbocycles. The first-order valence-electron chi connectivity index (χ1n) is 9.54. The summed E-state index contributed by atoms with van der Waals surface area (Å²) in [4.78, 5) is 21.8. The molecule has 0 radical (unpaired) electrons. The first kappa shape index (κ1) is 17.0. The first-order valence-corrected chi connectivity index (χ1v) is 10.4. The molecule has 4 rings (SSSR count). The van der Waals surface area contributed by atoms with Crippen molar-refractivity contribution in [2.75, 3.05) is 32.7 Å². The van der Waals surface area contributed by atoms with E-state index in [4.69, 9.17) is 4.98 Å². The van der Waals surface area contributed by atoms with Gasteiger partial charge in [0.25, 0.3) is 0 Å². The van der Waals surface area contributed by atoms with E-state index in [1.54, 1.807) is 0 Å². The van der Waals surface area contributed by atoms with Crippen LogP contribution in [-0.4, -0.2) is 53.4 Å². The highest BCUT2D eigenvalue weighted by Gasteiger charge is 2.27. The molecule has 0 saturated carbocycles. The highest BCUT2D eigenvalue weighted by atomic mass is 32.1. The van der Waals surface area contributed by atoms with Gasteiger partial charge >= 0.3 is 0 Å². The number of hydrogen-bond donors (Lipinski definition) is 0. The maximum Gasteiger partial charge on any atom is 0.236 e. The largest absolute Gasteiger partial charge is 0.342 e. The van der Waals surface area contributed by atoms with E-state index in [1.807, 2.05) is 11.3 Å². The first-order chi connectivity index (χ1) is 12.2. The number of carbonyl (C=O) groups is 1. The summed E-state index contributed by atoms with van der Waals surface area (Å²) < 4.78 is 1.27. The second kappa shape index (κ2) is 7.42. The summed E-state index contributed by atoms with van der Waals surface area (Å²) in [5, 5.41) is 1.25. The van der Waals surface area contributed by atoms with Gasteiger partial charge in [-0.25, -0.2) is 4.98 Å². The number of rotatable bonds is 3. The van der Waals surface area contributed by atoms with Crippen LogP contribution in [0.2, 0.25) is 0 Å². The lowest BCUT2D eigenvalue weighted by molar-refractivity contribution is -0.133. The number of amides is 1. The summed E-state index contributed by atoms with van der Waals surface area (Å²) in [6, 6.07) is 8.36. The van der Waals surface area contributed by atoms with Crippen LogP contribution < -0.4 is 0 Å². The molecule has 5 heteroatoms. The summed E-state index contributed by atoms with van der Waals surface area (Å²) in [5.41, 5.74) is 1.11. The molecule has 1 amide bonds. The van der Waals surface area contributed by atoms with Gasteiger partial charge in [-0.3, -0.25) is 9.69 Å². The van der Waals surface area contributed by atoms with Crippen molar-refractivity contribution >= 4 is 27.5 Å². The average molecular weight is 358 g/mol. The molecule has 0 atom stereocenters. The van der Waals surface area contributed by atoms with Gasteiger partial charge in [0, 0.05) is 19.0 Å². The molecule has 0 N–H and O–H groups in total. The zero-order chi connectivity index (χ0) is 17.2. The van der Waals surface area contributed by atoms with Gasteiger partial charge in [-0.2, -0.15) is 0 Å². The Kier molecular flexibility index (Phi) is 5.04. The molecule has 25 heavy (non-hydrogen) atoms. The molecule has 0 bridgehead atoms. The van der Waals surface area contributed by atoms with Crippen LogP contribution in [0, 0.1) is 5.92 Å². The minimum atomic E-state index is 0.317. The zero-order valence-electron chi connectivity index (χ0n) is 15.0. The molecule has 1 aromatic carbocycles. The van der Waals surface area contributed by atoms with Gasteiger partial charge in [-0.1, -0.05) is 19.1 Å². The normalized spacial score (nSPS) is 21.1. The summed E-state index contributed by atoms with van der Waals surface area (Å²) in [6.07, 6.45) is 4.55. The van der Waals surface area contributed by atoms with E-state index in [0.717, 1.165) is 50.5 Å². The van der Waals surface area contributed by atoms with Crippen LogP contribution in [-0.2, 0) is 4.79 Å². The van der Waals surface area contributed by atoms with Crippen molar-refractivity contribution in [3.63, 3.8) is 0 Å². The number of para-hydroxylation sites is 1. The van der Waals surface area contributed by atoms with Crippen molar-refractivity contribution in [2.45, 2.75) is 38.5 Å². The van der Waals surface area contributed by atoms with E-state index >= 15 is 0 Å². The van der Waals surface area contributed by atoms with E-state index in [-0.39, 0.29) is 0 Å². The van der Waals surface area contributed by atoms with Crippen LogP contribution in [0.3, 0.4) is 0 Å². The van der Waals surface area contributed by atoms with Crippen LogP contribution >= 0.6 is 11.3 Å². The predicted molar refractivity (Wildman–Crippen MR) is 103 cm³/mol. The highest BCUT2D eigenvalue weighted by molar-refractivity contribution is 7.18. The van der Waals surface area contributed by atoms with Crippen molar-refractivity contribution in [1.82, 2.24) is 14.8 Å². The molecule has 4 nitrogen and oxygen atoms in total. The molecule has 2 aliphatic heterocycles. The second-order valence-corrected chi connectivity index (χ2v) is 8.70. The second-order valence-electron chi connectivity index (χ2n) is 7.63. The van der Waals surface area contributed by atoms with E-state index < -0.39 is 0 Å². The SMILES string of the molecule is CC1CCN(CC(=O)N2CCC(c3nc4ccccc4s3)CC2)CC1. The summed E-state index contributed by atoms with van der Waals surface area (Å²) in [5.74, 6) is 1.64. The van der Waals surface area contributed by atoms with Gasteiger partial charge in [0.1, 0.15) is 0 Å². The van der Waals surface area contributed by atoms with E-state index in [9.17, 15) is 4.79 Å². The maximum absolute atomic E-state index is 12.6. The van der Waals surface area contributed by atoms with E-state index in [0.29, 0.717) is 18.4 Å². The Labute approximate surface area is 153 Å². The van der Waals surface area contributed by atoms with Crippen LogP contribution in [0.5, 0.6) is 0 Å². The number of fused-ring (bicyclic) bond motifs is 1. The molecular weight excluding hydrogens is 330 g/mol. The average Bonchev–Trinajstić information content (AvgIpc) is 3.08. The van der Waals surface area contributed by atoms with Crippen molar-refractivity contribution < 1.29 is 4.79 Å². The summed E-state index contributed by atoms with van der Waals surface area (Å²) in [6.45, 7) is 6.84. The molecule has 0 unspecified atom stereocenters. The quantitative estimate of drug-likeness (QED) is 0.840. The minimum Gasteiger partial charge on any atom is -0.342 e. The minimum absolute atomic E-state index is 0.317. The predicted octanol–water partition coefficient (Wildman–Crippen LogP) is 3.73. The third-order valence-corrected chi connectivity index (χ3v) is 6.94. The fourth-order valence-electron chi connectivity index (χ4n) is 3.95. The maximum atomic E-state index is 12.6. The van der Waals surface area contributed by atoms with Crippen molar-refractivity contribution in [1.29, 1.82) is 0 Å². The van der Waals surface area contributed by atoms with Crippen LogP contribution in [0.4, 0.5) is 0 Å². The molecule has 1 aromatic heterocycles. The lowest BCUT2D eigenvalue weighted by Crippen LogP contribution is -2.45. The van der Waals surface area contributed by atoms with E-state index in [1.165, 1.54) is 22.5 Å². The number of thiazole rings is 1. The van der Waals surface area contributed by atoms with Crippen LogP contribution in [0.1, 0.15) is 43.5 Å². The molecular formula is C20H27N3OS. The van der Waals surface area contributed by atoms with Gasteiger partial charge in [-0.05, 0) is 56.8 Å².